The van der Waals surface area contributed by atoms with Crippen molar-refractivity contribution in [2.75, 3.05) is 6.54 Å². The highest BCUT2D eigenvalue weighted by Gasteiger charge is 2.45. The molecule has 0 spiro atoms. The summed E-state index contributed by atoms with van der Waals surface area (Å²) < 4.78 is 0. The Morgan fingerprint density at radius 2 is 2.00 bits per heavy atom. The van der Waals surface area contributed by atoms with E-state index < -0.39 is 5.97 Å². The van der Waals surface area contributed by atoms with Crippen molar-refractivity contribution >= 4 is 23.5 Å². The van der Waals surface area contributed by atoms with Gasteiger partial charge in [-0.25, -0.2) is 0 Å². The van der Waals surface area contributed by atoms with E-state index in [1.165, 1.54) is 5.56 Å². The molecule has 0 unspecified atom stereocenters. The van der Waals surface area contributed by atoms with Crippen molar-refractivity contribution in [2.45, 2.75) is 37.5 Å². The fraction of sp³-hybridized carbons (Fsp3) is 0.529. The summed E-state index contributed by atoms with van der Waals surface area (Å²) in [4.78, 5) is 23.2. The monoisotopic (exact) mass is 321 g/mol. The summed E-state index contributed by atoms with van der Waals surface area (Å²) in [5, 5.41) is 12.8. The molecule has 1 aromatic rings. The van der Waals surface area contributed by atoms with Crippen molar-refractivity contribution in [3.8, 4) is 0 Å². The van der Waals surface area contributed by atoms with E-state index >= 15 is 0 Å². The van der Waals surface area contributed by atoms with Crippen LogP contribution in [0.2, 0.25) is 5.02 Å². The van der Waals surface area contributed by atoms with Gasteiger partial charge in [0.1, 0.15) is 0 Å². The van der Waals surface area contributed by atoms with Crippen LogP contribution < -0.4 is 5.32 Å². The Kier molecular flexibility index (Phi) is 4.13. The lowest BCUT2D eigenvalue weighted by molar-refractivity contribution is -0.141. The zero-order valence-electron chi connectivity index (χ0n) is 12.3. The number of carbonyl (C=O) groups is 2. The molecule has 2 aliphatic carbocycles. The fourth-order valence-electron chi connectivity index (χ4n) is 3.38. The van der Waals surface area contributed by atoms with Gasteiger partial charge in [-0.1, -0.05) is 23.7 Å². The summed E-state index contributed by atoms with van der Waals surface area (Å²) in [5.41, 5.74) is 1.20. The Labute approximate surface area is 134 Å². The van der Waals surface area contributed by atoms with Crippen LogP contribution in [0.3, 0.4) is 0 Å². The van der Waals surface area contributed by atoms with Crippen molar-refractivity contribution in [3.05, 3.63) is 34.9 Å². The van der Waals surface area contributed by atoms with E-state index in [1.807, 2.05) is 18.2 Å². The van der Waals surface area contributed by atoms with Crippen LogP contribution in [0.1, 0.15) is 37.7 Å². The third-order valence-corrected chi connectivity index (χ3v) is 5.28. The predicted octanol–water partition coefficient (Wildman–Crippen LogP) is 2.99. The average Bonchev–Trinajstić information content (AvgIpc) is 3.11. The second kappa shape index (κ2) is 5.92. The number of benzene rings is 1. The second-order valence-corrected chi connectivity index (χ2v) is 6.99. The van der Waals surface area contributed by atoms with Gasteiger partial charge in [-0.3, -0.25) is 9.59 Å². The standard InChI is InChI=1S/C17H20ClNO3/c18-14-3-1-2-13(9-14)17(6-7-17)10-19-15(20)11-4-5-12(8-11)16(21)22/h1-3,9,11-12H,4-8,10H2,(H,19,20)(H,21,22)/t11-,12+/m0/s1. The third kappa shape index (κ3) is 3.12. The molecule has 0 heterocycles. The molecule has 2 aliphatic rings. The van der Waals surface area contributed by atoms with Crippen LogP contribution >= 0.6 is 11.6 Å². The molecule has 2 atom stereocenters. The van der Waals surface area contributed by atoms with E-state index in [0.29, 0.717) is 25.8 Å². The van der Waals surface area contributed by atoms with Crippen molar-refractivity contribution in [1.82, 2.24) is 5.32 Å². The maximum Gasteiger partial charge on any atom is 0.306 e. The Bertz CT molecular complexity index is 597. The number of carbonyl (C=O) groups excluding carboxylic acids is 1. The molecule has 2 saturated carbocycles. The number of carboxylic acids is 1. The predicted molar refractivity (Wildman–Crippen MR) is 83.8 cm³/mol. The molecular formula is C17H20ClNO3. The summed E-state index contributed by atoms with van der Waals surface area (Å²) >= 11 is 6.05. The minimum atomic E-state index is -0.784. The highest BCUT2D eigenvalue weighted by atomic mass is 35.5. The Morgan fingerprint density at radius 1 is 1.27 bits per heavy atom. The minimum Gasteiger partial charge on any atom is -0.481 e. The summed E-state index contributed by atoms with van der Waals surface area (Å²) in [6.45, 7) is 0.612. The van der Waals surface area contributed by atoms with E-state index in [-0.39, 0.29) is 23.2 Å². The topological polar surface area (TPSA) is 66.4 Å². The maximum atomic E-state index is 12.3. The SMILES string of the molecule is O=C(O)[C@@H]1CC[C@H](C(=O)NCC2(c3cccc(Cl)c3)CC2)C1. The normalized spacial score (nSPS) is 25.7. The summed E-state index contributed by atoms with van der Waals surface area (Å²) in [7, 11) is 0. The molecule has 0 aromatic heterocycles. The number of rotatable bonds is 5. The van der Waals surface area contributed by atoms with Crippen LogP contribution in [-0.2, 0) is 15.0 Å². The van der Waals surface area contributed by atoms with Crippen LogP contribution in [0.4, 0.5) is 0 Å². The molecule has 1 aromatic carbocycles. The number of hydrogen-bond acceptors (Lipinski definition) is 2. The van der Waals surface area contributed by atoms with Gasteiger partial charge in [-0.15, -0.1) is 0 Å². The number of amides is 1. The van der Waals surface area contributed by atoms with Crippen LogP contribution in [0.25, 0.3) is 0 Å². The first-order valence-corrected chi connectivity index (χ1v) is 8.14. The first kappa shape index (κ1) is 15.3. The second-order valence-electron chi connectivity index (χ2n) is 6.55. The van der Waals surface area contributed by atoms with Gasteiger partial charge in [-0.2, -0.15) is 0 Å². The highest BCUT2D eigenvalue weighted by Crippen LogP contribution is 2.48. The Hall–Kier alpha value is -1.55. The minimum absolute atomic E-state index is 0.00273. The Morgan fingerprint density at radius 3 is 2.59 bits per heavy atom. The molecule has 0 aliphatic heterocycles. The van der Waals surface area contributed by atoms with Crippen LogP contribution in [-0.4, -0.2) is 23.5 Å². The van der Waals surface area contributed by atoms with Gasteiger partial charge in [0.2, 0.25) is 5.91 Å². The van der Waals surface area contributed by atoms with Crippen molar-refractivity contribution in [1.29, 1.82) is 0 Å². The van der Waals surface area contributed by atoms with Crippen molar-refractivity contribution < 1.29 is 14.7 Å². The molecule has 0 bridgehead atoms. The molecular weight excluding hydrogens is 302 g/mol. The lowest BCUT2D eigenvalue weighted by atomic mass is 9.95. The van der Waals surface area contributed by atoms with E-state index in [2.05, 4.69) is 11.4 Å². The van der Waals surface area contributed by atoms with Gasteiger partial charge in [0.25, 0.3) is 0 Å². The molecule has 0 saturated heterocycles. The molecule has 2 N–H and O–H groups in total. The van der Waals surface area contributed by atoms with Gasteiger partial charge in [0.05, 0.1) is 5.92 Å². The summed E-state index contributed by atoms with van der Waals surface area (Å²) in [6.07, 6.45) is 3.84. The summed E-state index contributed by atoms with van der Waals surface area (Å²) in [6, 6.07) is 7.82. The van der Waals surface area contributed by atoms with E-state index in [9.17, 15) is 9.59 Å². The van der Waals surface area contributed by atoms with Crippen LogP contribution in [0.15, 0.2) is 24.3 Å². The molecule has 3 rings (SSSR count). The van der Waals surface area contributed by atoms with Crippen molar-refractivity contribution in [2.24, 2.45) is 11.8 Å². The first-order valence-electron chi connectivity index (χ1n) is 7.77. The fourth-order valence-corrected chi connectivity index (χ4v) is 3.57. The molecule has 118 valence electrons. The summed E-state index contributed by atoms with van der Waals surface area (Å²) in [5.74, 6) is -1.31. The van der Waals surface area contributed by atoms with Gasteiger partial charge in [0, 0.05) is 22.9 Å². The smallest absolute Gasteiger partial charge is 0.306 e. The Balaban J connectivity index is 1.56. The largest absolute Gasteiger partial charge is 0.481 e. The average molecular weight is 322 g/mol. The molecule has 5 heteroatoms. The highest BCUT2D eigenvalue weighted by molar-refractivity contribution is 6.30. The molecule has 2 fully saturated rings. The number of aliphatic carboxylic acids is 1. The number of carboxylic acid groups (broad SMARTS) is 1. The lowest BCUT2D eigenvalue weighted by Crippen LogP contribution is -2.36. The van der Waals surface area contributed by atoms with Gasteiger partial charge < -0.3 is 10.4 Å². The zero-order valence-corrected chi connectivity index (χ0v) is 13.1. The number of halogens is 1. The van der Waals surface area contributed by atoms with E-state index in [0.717, 1.165) is 17.9 Å². The molecule has 1 amide bonds. The maximum absolute atomic E-state index is 12.3. The number of hydrogen-bond donors (Lipinski definition) is 2. The lowest BCUT2D eigenvalue weighted by Gasteiger charge is -2.18. The third-order valence-electron chi connectivity index (χ3n) is 5.04. The molecule has 22 heavy (non-hydrogen) atoms. The van der Waals surface area contributed by atoms with Gasteiger partial charge in [-0.05, 0) is 49.8 Å². The quantitative estimate of drug-likeness (QED) is 0.876. The molecule has 0 radical (unpaired) electrons. The van der Waals surface area contributed by atoms with Crippen molar-refractivity contribution in [3.63, 3.8) is 0 Å². The van der Waals surface area contributed by atoms with Gasteiger partial charge in [0.15, 0.2) is 0 Å². The zero-order chi connectivity index (χ0) is 15.7. The van der Waals surface area contributed by atoms with Gasteiger partial charge >= 0.3 is 5.97 Å². The van der Waals surface area contributed by atoms with Crippen LogP contribution in [0.5, 0.6) is 0 Å². The van der Waals surface area contributed by atoms with Crippen LogP contribution in [0, 0.1) is 11.8 Å². The first-order chi connectivity index (χ1) is 10.5. The molecule has 4 nitrogen and oxygen atoms in total. The number of nitrogens with one attached hydrogen (secondary N) is 1. The van der Waals surface area contributed by atoms with E-state index in [1.54, 1.807) is 0 Å². The van der Waals surface area contributed by atoms with E-state index in [4.69, 9.17) is 16.7 Å².